The van der Waals surface area contributed by atoms with Crippen molar-refractivity contribution < 1.29 is 14.0 Å². The van der Waals surface area contributed by atoms with Crippen LogP contribution in [0.5, 0.6) is 0 Å². The molecular weight excluding hydrogens is 375 g/mol. The predicted octanol–water partition coefficient (Wildman–Crippen LogP) is 3.76. The summed E-state index contributed by atoms with van der Waals surface area (Å²) < 4.78 is 14.9. The molecule has 2 atom stereocenters. The molecule has 1 saturated carbocycles. The zero-order chi connectivity index (χ0) is 18.7. The fourth-order valence-electron chi connectivity index (χ4n) is 2.75. The van der Waals surface area contributed by atoms with E-state index in [-0.39, 0.29) is 36.7 Å². The number of thiophene rings is 1. The second kappa shape index (κ2) is 8.01. The van der Waals surface area contributed by atoms with Crippen molar-refractivity contribution in [1.29, 1.82) is 0 Å². The molecule has 0 spiro atoms. The molecule has 0 saturated heterocycles. The van der Waals surface area contributed by atoms with Crippen LogP contribution in [0, 0.1) is 11.7 Å². The maximum Gasteiger partial charge on any atom is 0.243 e. The average molecular weight is 393 g/mol. The van der Waals surface area contributed by atoms with Crippen LogP contribution in [-0.2, 0) is 22.7 Å². The minimum Gasteiger partial charge on any atom is -0.352 e. The van der Waals surface area contributed by atoms with E-state index in [0.29, 0.717) is 11.1 Å². The smallest absolute Gasteiger partial charge is 0.243 e. The molecule has 4 nitrogen and oxygen atoms in total. The Kier molecular flexibility index (Phi) is 5.74. The van der Waals surface area contributed by atoms with Crippen LogP contribution in [0.15, 0.2) is 43.0 Å². The first-order valence-electron chi connectivity index (χ1n) is 8.18. The largest absolute Gasteiger partial charge is 0.352 e. The molecule has 7 heteroatoms. The van der Waals surface area contributed by atoms with Crippen LogP contribution in [0.3, 0.4) is 0 Å². The first-order chi connectivity index (χ1) is 12.5. The van der Waals surface area contributed by atoms with Crippen molar-refractivity contribution in [3.8, 4) is 0 Å². The topological polar surface area (TPSA) is 58.2 Å². The monoisotopic (exact) mass is 392 g/mol. The molecule has 1 heterocycles. The number of carbonyl (C=O) groups excluding carboxylic acids is 2. The van der Waals surface area contributed by atoms with Gasteiger partial charge >= 0.3 is 0 Å². The zero-order valence-corrected chi connectivity index (χ0v) is 15.5. The predicted molar refractivity (Wildman–Crippen MR) is 100 cm³/mol. The minimum absolute atomic E-state index is 0.0683. The summed E-state index contributed by atoms with van der Waals surface area (Å²) in [6, 6.07) is 8.49. The van der Waals surface area contributed by atoms with E-state index in [4.69, 9.17) is 11.6 Å². The lowest BCUT2D eigenvalue weighted by molar-refractivity contribution is -0.122. The van der Waals surface area contributed by atoms with Gasteiger partial charge in [-0.05, 0) is 36.3 Å². The van der Waals surface area contributed by atoms with Gasteiger partial charge in [0.05, 0.1) is 4.34 Å². The van der Waals surface area contributed by atoms with Crippen molar-refractivity contribution in [2.45, 2.75) is 25.4 Å². The van der Waals surface area contributed by atoms with Crippen molar-refractivity contribution in [3.05, 3.63) is 69.1 Å². The quantitative estimate of drug-likeness (QED) is 0.705. The van der Waals surface area contributed by atoms with Gasteiger partial charge in [-0.1, -0.05) is 30.3 Å². The Bertz CT molecular complexity index is 852. The Labute approximate surface area is 160 Å². The number of nitrogens with one attached hydrogen (secondary N) is 2. The molecule has 0 bridgehead atoms. The Hall–Kier alpha value is -2.18. The zero-order valence-electron chi connectivity index (χ0n) is 13.9. The minimum atomic E-state index is -0.409. The fourth-order valence-corrected chi connectivity index (χ4v) is 3.99. The molecule has 2 amide bonds. The number of rotatable bonds is 7. The molecule has 1 fully saturated rings. The number of halogens is 2. The third kappa shape index (κ3) is 4.51. The van der Waals surface area contributed by atoms with Gasteiger partial charge in [-0.2, -0.15) is 0 Å². The summed E-state index contributed by atoms with van der Waals surface area (Å²) in [5.41, 5.74) is 1.05. The maximum absolute atomic E-state index is 14.2. The molecule has 1 aromatic carbocycles. The number of hydrogen-bond donors (Lipinski definition) is 2. The van der Waals surface area contributed by atoms with E-state index in [1.54, 1.807) is 12.1 Å². The average Bonchev–Trinajstić information content (AvgIpc) is 3.32. The summed E-state index contributed by atoms with van der Waals surface area (Å²) in [4.78, 5) is 24.5. The standard InChI is InChI=1S/C19H18ClFN2O2S/c1-2-18(24)22-9-11-3-4-12(15(21)7-11)10-23-19(25)14-8-13(14)16-5-6-17(20)26-16/h2-7,13-14H,1,8-10H2,(H,22,24)(H,23,25)/t13-,14-/m1/s1. The second-order valence-corrected chi connectivity index (χ2v) is 7.90. The Morgan fingerprint density at radius 2 is 2.08 bits per heavy atom. The van der Waals surface area contributed by atoms with Crippen LogP contribution in [0.4, 0.5) is 4.39 Å². The fraction of sp³-hybridized carbons (Fsp3) is 0.263. The highest BCUT2D eigenvalue weighted by Crippen LogP contribution is 2.50. The highest BCUT2D eigenvalue weighted by Gasteiger charge is 2.44. The van der Waals surface area contributed by atoms with Gasteiger partial charge in [0.1, 0.15) is 5.82 Å². The van der Waals surface area contributed by atoms with Crippen LogP contribution < -0.4 is 10.6 Å². The summed E-state index contributed by atoms with van der Waals surface area (Å²) in [5, 5.41) is 5.39. The molecule has 0 unspecified atom stereocenters. The molecule has 0 aliphatic heterocycles. The highest BCUT2D eigenvalue weighted by molar-refractivity contribution is 7.16. The molecular formula is C19H18ClFN2O2S. The molecule has 0 radical (unpaired) electrons. The van der Waals surface area contributed by atoms with E-state index in [0.717, 1.165) is 21.7 Å². The van der Waals surface area contributed by atoms with Crippen LogP contribution in [0.25, 0.3) is 0 Å². The normalized spacial score (nSPS) is 18.2. The van der Waals surface area contributed by atoms with Crippen LogP contribution >= 0.6 is 22.9 Å². The van der Waals surface area contributed by atoms with Crippen LogP contribution in [0.2, 0.25) is 4.34 Å². The Morgan fingerprint density at radius 1 is 1.27 bits per heavy atom. The van der Waals surface area contributed by atoms with E-state index in [2.05, 4.69) is 17.2 Å². The van der Waals surface area contributed by atoms with Gasteiger partial charge < -0.3 is 10.6 Å². The lowest BCUT2D eigenvalue weighted by Gasteiger charge is -2.08. The molecule has 1 aliphatic carbocycles. The molecule has 1 aromatic heterocycles. The maximum atomic E-state index is 14.2. The number of amides is 2. The second-order valence-electron chi connectivity index (χ2n) is 6.16. The third-order valence-corrected chi connectivity index (χ3v) is 5.67. The summed E-state index contributed by atoms with van der Waals surface area (Å²) in [6.45, 7) is 3.72. The van der Waals surface area contributed by atoms with Gasteiger partial charge in [0, 0.05) is 35.4 Å². The lowest BCUT2D eigenvalue weighted by atomic mass is 10.1. The SMILES string of the molecule is C=CC(=O)NCc1ccc(CNC(=O)[C@@H]2C[C@H]2c2ccc(Cl)s2)c(F)c1. The molecule has 1 aliphatic rings. The first kappa shape index (κ1) is 18.6. The van der Waals surface area contributed by atoms with Crippen molar-refractivity contribution in [1.82, 2.24) is 10.6 Å². The molecule has 3 rings (SSSR count). The van der Waals surface area contributed by atoms with Crippen LogP contribution in [0.1, 0.15) is 28.3 Å². The molecule has 2 aromatic rings. The number of carbonyl (C=O) groups is 2. The number of hydrogen-bond acceptors (Lipinski definition) is 3. The van der Waals surface area contributed by atoms with Gasteiger partial charge in [0.25, 0.3) is 0 Å². The van der Waals surface area contributed by atoms with Crippen molar-refractivity contribution in [3.63, 3.8) is 0 Å². The van der Waals surface area contributed by atoms with Gasteiger partial charge in [0.2, 0.25) is 11.8 Å². The van der Waals surface area contributed by atoms with E-state index >= 15 is 0 Å². The van der Waals surface area contributed by atoms with Crippen LogP contribution in [-0.4, -0.2) is 11.8 Å². The van der Waals surface area contributed by atoms with Gasteiger partial charge in [-0.3, -0.25) is 9.59 Å². The summed E-state index contributed by atoms with van der Waals surface area (Å²) in [7, 11) is 0. The van der Waals surface area contributed by atoms with Gasteiger partial charge in [0.15, 0.2) is 0 Å². The Balaban J connectivity index is 1.51. The Morgan fingerprint density at radius 3 is 2.73 bits per heavy atom. The first-order valence-corrected chi connectivity index (χ1v) is 9.38. The number of benzene rings is 1. The summed E-state index contributed by atoms with van der Waals surface area (Å²) in [5.74, 6) is -0.642. The summed E-state index contributed by atoms with van der Waals surface area (Å²) >= 11 is 7.42. The van der Waals surface area contributed by atoms with Crippen molar-refractivity contribution in [2.24, 2.45) is 5.92 Å². The molecule has 26 heavy (non-hydrogen) atoms. The van der Waals surface area contributed by atoms with Crippen molar-refractivity contribution in [2.75, 3.05) is 0 Å². The molecule has 2 N–H and O–H groups in total. The van der Waals surface area contributed by atoms with Gasteiger partial charge in [-0.25, -0.2) is 4.39 Å². The molecule has 136 valence electrons. The van der Waals surface area contributed by atoms with E-state index in [1.807, 2.05) is 12.1 Å². The third-order valence-electron chi connectivity index (χ3n) is 4.31. The van der Waals surface area contributed by atoms with E-state index in [1.165, 1.54) is 17.4 Å². The van der Waals surface area contributed by atoms with Crippen molar-refractivity contribution >= 4 is 34.8 Å². The van der Waals surface area contributed by atoms with Gasteiger partial charge in [-0.15, -0.1) is 11.3 Å². The lowest BCUT2D eigenvalue weighted by Crippen LogP contribution is -2.25. The summed E-state index contributed by atoms with van der Waals surface area (Å²) in [6.07, 6.45) is 1.96. The van der Waals surface area contributed by atoms with E-state index in [9.17, 15) is 14.0 Å². The van der Waals surface area contributed by atoms with E-state index < -0.39 is 5.82 Å². The highest BCUT2D eigenvalue weighted by atomic mass is 35.5.